The van der Waals surface area contributed by atoms with E-state index in [0.717, 1.165) is 33.6 Å². The van der Waals surface area contributed by atoms with E-state index in [9.17, 15) is 0 Å². The number of aryl methyl sites for hydroxylation is 1. The van der Waals surface area contributed by atoms with Crippen LogP contribution in [-0.4, -0.2) is 27.1 Å². The maximum Gasteiger partial charge on any atom is 0.261 e. The summed E-state index contributed by atoms with van der Waals surface area (Å²) in [4.78, 5) is 0. The van der Waals surface area contributed by atoms with Gasteiger partial charge in [-0.3, -0.25) is 0 Å². The molecule has 0 unspecified atom stereocenters. The molecule has 1 aromatic heterocycles. The van der Waals surface area contributed by atoms with Crippen LogP contribution in [0.3, 0.4) is 0 Å². The second-order valence-corrected chi connectivity index (χ2v) is 20.8. The largest absolute Gasteiger partial charge is 0.463 e. The van der Waals surface area contributed by atoms with Gasteiger partial charge in [0.1, 0.15) is 29.8 Å². The van der Waals surface area contributed by atoms with E-state index in [1.165, 1.54) is 10.4 Å². The summed E-state index contributed by atoms with van der Waals surface area (Å²) in [6.07, 6.45) is -1.86. The Labute approximate surface area is 363 Å². The standard InChI is InChI=1S/C54H58O6Si/c1-42-47(40-59-61(54(2,3)4,48-31-19-9-20-32-48)49-33-21-10-22-34-49)35-50(60-42)52(57-38-45-27-15-7-16-28-45)53(58-39-46-29-17-8-18-30-46)51(56-37-44-25-13-6-14-26-44)41-55-36-43-23-11-5-12-24-43/h5-35,51-53H,36-41H2,1-4H3/t51-,52-,53-/m1/s1. The molecule has 6 nitrogen and oxygen atoms in total. The van der Waals surface area contributed by atoms with Crippen LogP contribution >= 0.6 is 0 Å². The van der Waals surface area contributed by atoms with Crippen molar-refractivity contribution in [3.8, 4) is 0 Å². The van der Waals surface area contributed by atoms with Crippen LogP contribution in [0.2, 0.25) is 5.04 Å². The highest BCUT2D eigenvalue weighted by molar-refractivity contribution is 6.99. The van der Waals surface area contributed by atoms with Crippen LogP contribution in [0.4, 0.5) is 0 Å². The van der Waals surface area contributed by atoms with Crippen molar-refractivity contribution in [2.24, 2.45) is 0 Å². The molecule has 6 aromatic carbocycles. The van der Waals surface area contributed by atoms with E-state index in [1.807, 2.05) is 79.7 Å². The smallest absolute Gasteiger partial charge is 0.261 e. The Morgan fingerprint density at radius 1 is 0.492 bits per heavy atom. The molecule has 0 bridgehead atoms. The second-order valence-electron chi connectivity index (χ2n) is 16.5. The Morgan fingerprint density at radius 3 is 1.36 bits per heavy atom. The molecule has 314 valence electrons. The topological polar surface area (TPSA) is 59.3 Å². The highest BCUT2D eigenvalue weighted by Gasteiger charge is 2.50. The molecule has 7 heteroatoms. The summed E-state index contributed by atoms with van der Waals surface area (Å²) in [5.41, 5.74) is 5.16. The van der Waals surface area contributed by atoms with Crippen LogP contribution in [-0.2, 0) is 56.4 Å². The lowest BCUT2D eigenvalue weighted by Gasteiger charge is -2.43. The van der Waals surface area contributed by atoms with Gasteiger partial charge in [-0.2, -0.15) is 0 Å². The molecule has 0 saturated carbocycles. The average Bonchev–Trinajstić information content (AvgIpc) is 3.67. The summed E-state index contributed by atoms with van der Waals surface area (Å²) in [5, 5.41) is 2.27. The Morgan fingerprint density at radius 2 is 0.902 bits per heavy atom. The van der Waals surface area contributed by atoms with Crippen molar-refractivity contribution < 1.29 is 27.8 Å². The first-order valence-corrected chi connectivity index (χ1v) is 23.1. The molecule has 7 rings (SSSR count). The molecule has 1 heterocycles. The molecule has 0 aliphatic rings. The van der Waals surface area contributed by atoms with E-state index in [1.54, 1.807) is 0 Å². The third-order valence-corrected chi connectivity index (χ3v) is 16.1. The Kier molecular flexibility index (Phi) is 15.3. The normalized spacial score (nSPS) is 13.4. The number of hydrogen-bond donors (Lipinski definition) is 0. The quantitative estimate of drug-likeness (QED) is 0.0673. The molecule has 0 radical (unpaired) electrons. The van der Waals surface area contributed by atoms with Crippen LogP contribution < -0.4 is 10.4 Å². The summed E-state index contributed by atoms with van der Waals surface area (Å²) >= 11 is 0. The van der Waals surface area contributed by atoms with Crippen LogP contribution in [0, 0.1) is 6.92 Å². The first kappa shape index (κ1) is 43.7. The molecule has 0 fully saturated rings. The Bertz CT molecular complexity index is 2260. The first-order valence-electron chi connectivity index (χ1n) is 21.2. The maximum absolute atomic E-state index is 7.41. The van der Waals surface area contributed by atoms with Gasteiger partial charge in [-0.25, -0.2) is 0 Å². The zero-order valence-electron chi connectivity index (χ0n) is 35.8. The number of benzene rings is 6. The first-order chi connectivity index (χ1) is 29.8. The highest BCUT2D eigenvalue weighted by Crippen LogP contribution is 2.39. The summed E-state index contributed by atoms with van der Waals surface area (Å²) in [7, 11) is -2.84. The predicted octanol–water partition coefficient (Wildman–Crippen LogP) is 11.3. The number of hydrogen-bond acceptors (Lipinski definition) is 6. The van der Waals surface area contributed by atoms with Gasteiger partial charge < -0.3 is 27.8 Å². The molecule has 3 atom stereocenters. The van der Waals surface area contributed by atoms with Crippen LogP contribution in [0.5, 0.6) is 0 Å². The molecule has 0 saturated heterocycles. The monoisotopic (exact) mass is 830 g/mol. The highest BCUT2D eigenvalue weighted by atomic mass is 28.4. The van der Waals surface area contributed by atoms with Gasteiger partial charge >= 0.3 is 0 Å². The molecule has 0 aliphatic carbocycles. The lowest BCUT2D eigenvalue weighted by Crippen LogP contribution is -2.66. The van der Waals surface area contributed by atoms with Gasteiger partial charge in [0.15, 0.2) is 0 Å². The SMILES string of the molecule is Cc1oc([C@@H](OCc2ccccc2)[C@H](OCc2ccccc2)[C@@H](COCc2ccccc2)OCc2ccccc2)cc1CO[Si](c1ccccc1)(c1ccccc1)C(C)(C)C. The molecular formula is C54H58O6Si. The van der Waals surface area contributed by atoms with Gasteiger partial charge in [-0.05, 0) is 50.7 Å². The molecule has 61 heavy (non-hydrogen) atoms. The minimum atomic E-state index is -2.84. The second kappa shape index (κ2) is 21.4. The van der Waals surface area contributed by atoms with E-state index in [0.29, 0.717) is 38.8 Å². The molecule has 0 N–H and O–H groups in total. The van der Waals surface area contributed by atoms with Crippen molar-refractivity contribution in [1.29, 1.82) is 0 Å². The van der Waals surface area contributed by atoms with Gasteiger partial charge in [-0.1, -0.05) is 203 Å². The Hall–Kier alpha value is -5.38. The van der Waals surface area contributed by atoms with Gasteiger partial charge in [0.2, 0.25) is 0 Å². The zero-order valence-corrected chi connectivity index (χ0v) is 36.8. The summed E-state index contributed by atoms with van der Waals surface area (Å²) in [6.45, 7) is 11.0. The minimum Gasteiger partial charge on any atom is -0.463 e. The minimum absolute atomic E-state index is 0.184. The van der Waals surface area contributed by atoms with Crippen molar-refractivity contribution in [1.82, 2.24) is 0 Å². The fourth-order valence-corrected chi connectivity index (χ4v) is 12.4. The van der Waals surface area contributed by atoms with E-state index in [2.05, 4.69) is 136 Å². The average molecular weight is 831 g/mol. The van der Waals surface area contributed by atoms with Gasteiger partial charge in [-0.15, -0.1) is 0 Å². The summed E-state index contributed by atoms with van der Waals surface area (Å²) in [6, 6.07) is 64.3. The van der Waals surface area contributed by atoms with Crippen LogP contribution in [0.15, 0.2) is 192 Å². The van der Waals surface area contributed by atoms with Crippen molar-refractivity contribution in [2.45, 2.75) is 84.1 Å². The molecule has 0 aliphatic heterocycles. The molecule has 7 aromatic rings. The van der Waals surface area contributed by atoms with Crippen molar-refractivity contribution in [2.75, 3.05) is 6.61 Å². The lowest BCUT2D eigenvalue weighted by atomic mass is 10.0. The van der Waals surface area contributed by atoms with Gasteiger partial charge in [0, 0.05) is 5.56 Å². The maximum atomic E-state index is 7.41. The predicted molar refractivity (Wildman–Crippen MR) is 246 cm³/mol. The molecule has 0 amide bonds. The van der Waals surface area contributed by atoms with E-state index in [-0.39, 0.29) is 11.6 Å². The molecule has 0 spiro atoms. The number of rotatable bonds is 21. The summed E-state index contributed by atoms with van der Waals surface area (Å²) in [5.74, 6) is 1.41. The van der Waals surface area contributed by atoms with Gasteiger partial charge in [0.25, 0.3) is 8.32 Å². The third-order valence-electron chi connectivity index (χ3n) is 11.1. The van der Waals surface area contributed by atoms with Gasteiger partial charge in [0.05, 0.1) is 39.6 Å². The van der Waals surface area contributed by atoms with Crippen molar-refractivity contribution in [3.05, 3.63) is 227 Å². The Balaban J connectivity index is 1.26. The van der Waals surface area contributed by atoms with Crippen molar-refractivity contribution in [3.63, 3.8) is 0 Å². The van der Waals surface area contributed by atoms with Crippen LogP contribution in [0.1, 0.15) is 66.2 Å². The third kappa shape index (κ3) is 11.5. The van der Waals surface area contributed by atoms with E-state index < -0.39 is 26.6 Å². The fourth-order valence-electron chi connectivity index (χ4n) is 7.91. The number of ether oxygens (including phenoxy) is 4. The fraction of sp³-hybridized carbons (Fsp3) is 0.259. The van der Waals surface area contributed by atoms with E-state index >= 15 is 0 Å². The number of furan rings is 1. The summed E-state index contributed by atoms with van der Waals surface area (Å²) < 4.78 is 41.5. The van der Waals surface area contributed by atoms with Crippen LogP contribution in [0.25, 0.3) is 0 Å². The van der Waals surface area contributed by atoms with Crippen molar-refractivity contribution >= 4 is 18.7 Å². The molecular weight excluding hydrogens is 773 g/mol. The lowest BCUT2D eigenvalue weighted by molar-refractivity contribution is -0.174. The zero-order chi connectivity index (χ0) is 42.3. The van der Waals surface area contributed by atoms with E-state index in [4.69, 9.17) is 27.8 Å².